The molecule has 1 aromatic heterocycles. The molecule has 1 heterocycles. The highest BCUT2D eigenvalue weighted by atomic mass is 35.5. The van der Waals surface area contributed by atoms with Crippen molar-refractivity contribution in [1.82, 2.24) is 5.32 Å². The molecule has 19 heavy (non-hydrogen) atoms. The van der Waals surface area contributed by atoms with Crippen LogP contribution in [0, 0.1) is 0 Å². The van der Waals surface area contributed by atoms with Crippen molar-refractivity contribution in [2.24, 2.45) is 0 Å². The first-order chi connectivity index (χ1) is 9.13. The third kappa shape index (κ3) is 3.38. The van der Waals surface area contributed by atoms with E-state index in [4.69, 9.17) is 11.6 Å². The molecule has 1 aromatic carbocycles. The molecule has 1 atom stereocenters. The molecular formula is C16H20ClNS. The van der Waals surface area contributed by atoms with Crippen LogP contribution in [-0.2, 0) is 0 Å². The number of benzene rings is 1. The molecule has 0 aliphatic heterocycles. The van der Waals surface area contributed by atoms with Gasteiger partial charge in [-0.1, -0.05) is 56.6 Å². The second-order valence-corrected chi connectivity index (χ2v) is 6.30. The molecule has 0 saturated heterocycles. The number of hydrogen-bond acceptors (Lipinski definition) is 2. The largest absolute Gasteiger partial charge is 0.306 e. The highest BCUT2D eigenvalue weighted by molar-refractivity contribution is 7.10. The smallest absolute Gasteiger partial charge is 0.0686 e. The minimum absolute atomic E-state index is 0.193. The molecule has 1 N–H and O–H groups in total. The summed E-state index contributed by atoms with van der Waals surface area (Å²) in [6.07, 6.45) is 0. The lowest BCUT2D eigenvalue weighted by molar-refractivity contribution is 0.639. The average molecular weight is 294 g/mol. The molecule has 0 saturated carbocycles. The van der Waals surface area contributed by atoms with Crippen LogP contribution in [0.5, 0.6) is 0 Å². The zero-order valence-electron chi connectivity index (χ0n) is 11.6. The van der Waals surface area contributed by atoms with E-state index in [-0.39, 0.29) is 6.04 Å². The van der Waals surface area contributed by atoms with Gasteiger partial charge in [0.05, 0.1) is 11.1 Å². The van der Waals surface area contributed by atoms with E-state index in [0.29, 0.717) is 5.92 Å². The number of hydrogen-bond donors (Lipinski definition) is 1. The average Bonchev–Trinajstić information content (AvgIpc) is 2.82. The van der Waals surface area contributed by atoms with Crippen molar-refractivity contribution in [3.05, 3.63) is 56.7 Å². The van der Waals surface area contributed by atoms with E-state index in [2.05, 4.69) is 50.4 Å². The molecule has 1 unspecified atom stereocenters. The summed E-state index contributed by atoms with van der Waals surface area (Å²) < 4.78 is 0. The SMILES string of the molecule is CCNC(c1ccc(C(C)C)cc1)c1sccc1Cl. The first kappa shape index (κ1) is 14.6. The summed E-state index contributed by atoms with van der Waals surface area (Å²) >= 11 is 7.98. The molecule has 102 valence electrons. The molecule has 0 spiro atoms. The number of thiophene rings is 1. The molecule has 0 amide bonds. The maximum atomic E-state index is 6.27. The Bertz CT molecular complexity index is 516. The van der Waals surface area contributed by atoms with Gasteiger partial charge in [0, 0.05) is 4.88 Å². The summed E-state index contributed by atoms with van der Waals surface area (Å²) in [5.41, 5.74) is 2.65. The van der Waals surface area contributed by atoms with Crippen molar-refractivity contribution in [3.63, 3.8) is 0 Å². The van der Waals surface area contributed by atoms with E-state index in [1.807, 2.05) is 11.4 Å². The van der Waals surface area contributed by atoms with Crippen LogP contribution in [0.1, 0.15) is 48.7 Å². The summed E-state index contributed by atoms with van der Waals surface area (Å²) in [6, 6.07) is 11.0. The summed E-state index contributed by atoms with van der Waals surface area (Å²) in [5.74, 6) is 0.567. The van der Waals surface area contributed by atoms with Crippen molar-refractivity contribution in [1.29, 1.82) is 0 Å². The first-order valence-corrected chi connectivity index (χ1v) is 7.95. The Balaban J connectivity index is 2.31. The van der Waals surface area contributed by atoms with Gasteiger partial charge in [-0.3, -0.25) is 0 Å². The van der Waals surface area contributed by atoms with Crippen molar-refractivity contribution < 1.29 is 0 Å². The van der Waals surface area contributed by atoms with Crippen LogP contribution in [0.4, 0.5) is 0 Å². The van der Waals surface area contributed by atoms with E-state index >= 15 is 0 Å². The third-order valence-corrected chi connectivity index (χ3v) is 4.68. The maximum Gasteiger partial charge on any atom is 0.0686 e. The molecule has 0 radical (unpaired) electrons. The lowest BCUT2D eigenvalue weighted by Gasteiger charge is -2.18. The van der Waals surface area contributed by atoms with Gasteiger partial charge < -0.3 is 5.32 Å². The molecule has 0 aliphatic rings. The van der Waals surface area contributed by atoms with Crippen molar-refractivity contribution in [2.75, 3.05) is 6.54 Å². The summed E-state index contributed by atoms with van der Waals surface area (Å²) in [5, 5.41) is 6.41. The number of nitrogens with one attached hydrogen (secondary N) is 1. The summed E-state index contributed by atoms with van der Waals surface area (Å²) in [6.45, 7) is 7.47. The second-order valence-electron chi connectivity index (χ2n) is 4.94. The van der Waals surface area contributed by atoms with Crippen LogP contribution in [-0.4, -0.2) is 6.54 Å². The molecule has 2 rings (SSSR count). The monoisotopic (exact) mass is 293 g/mol. The lowest BCUT2D eigenvalue weighted by atomic mass is 9.98. The molecule has 0 aliphatic carbocycles. The van der Waals surface area contributed by atoms with Crippen LogP contribution in [0.25, 0.3) is 0 Å². The number of halogens is 1. The predicted octanol–water partition coefficient (Wildman–Crippen LogP) is 5.22. The third-order valence-electron chi connectivity index (χ3n) is 3.25. The van der Waals surface area contributed by atoms with Gasteiger partial charge in [-0.25, -0.2) is 0 Å². The quantitative estimate of drug-likeness (QED) is 0.796. The highest BCUT2D eigenvalue weighted by Gasteiger charge is 2.17. The lowest BCUT2D eigenvalue weighted by Crippen LogP contribution is -2.21. The Morgan fingerprint density at radius 1 is 1.11 bits per heavy atom. The molecule has 1 nitrogen and oxygen atoms in total. The maximum absolute atomic E-state index is 6.27. The van der Waals surface area contributed by atoms with Gasteiger partial charge in [-0.2, -0.15) is 0 Å². The molecular weight excluding hydrogens is 274 g/mol. The summed E-state index contributed by atoms with van der Waals surface area (Å²) in [4.78, 5) is 1.20. The van der Waals surface area contributed by atoms with E-state index in [9.17, 15) is 0 Å². The fourth-order valence-corrected chi connectivity index (χ4v) is 3.42. The molecule has 0 fully saturated rings. The molecule has 2 aromatic rings. The van der Waals surface area contributed by atoms with E-state index in [0.717, 1.165) is 11.6 Å². The van der Waals surface area contributed by atoms with E-state index < -0.39 is 0 Å². The van der Waals surface area contributed by atoms with Crippen LogP contribution in [0.2, 0.25) is 5.02 Å². The zero-order chi connectivity index (χ0) is 13.8. The van der Waals surface area contributed by atoms with E-state index in [1.165, 1.54) is 16.0 Å². The topological polar surface area (TPSA) is 12.0 Å². The van der Waals surface area contributed by atoms with Crippen molar-refractivity contribution in [2.45, 2.75) is 32.7 Å². The molecule has 0 bridgehead atoms. The van der Waals surface area contributed by atoms with Gasteiger partial charge in [0.1, 0.15) is 0 Å². The van der Waals surface area contributed by atoms with Gasteiger partial charge in [-0.15, -0.1) is 11.3 Å². The Hall–Kier alpha value is -0.830. The standard InChI is InChI=1S/C16H20ClNS/c1-4-18-15(16-14(17)9-10-19-16)13-7-5-12(6-8-13)11(2)3/h5-11,15,18H,4H2,1-3H3. The Morgan fingerprint density at radius 3 is 2.21 bits per heavy atom. The Kier molecular flexibility index (Phi) is 5.03. The van der Waals surface area contributed by atoms with Crippen LogP contribution in [0.3, 0.4) is 0 Å². The van der Waals surface area contributed by atoms with E-state index in [1.54, 1.807) is 11.3 Å². The van der Waals surface area contributed by atoms with Gasteiger partial charge in [0.25, 0.3) is 0 Å². The fourth-order valence-electron chi connectivity index (χ4n) is 2.15. The highest BCUT2D eigenvalue weighted by Crippen LogP contribution is 2.33. The molecule has 3 heteroatoms. The van der Waals surface area contributed by atoms with Gasteiger partial charge in [-0.05, 0) is 35.0 Å². The first-order valence-electron chi connectivity index (χ1n) is 6.69. The second kappa shape index (κ2) is 6.56. The van der Waals surface area contributed by atoms with Crippen molar-refractivity contribution in [3.8, 4) is 0 Å². The fraction of sp³-hybridized carbons (Fsp3) is 0.375. The van der Waals surface area contributed by atoms with Gasteiger partial charge in [0.2, 0.25) is 0 Å². The zero-order valence-corrected chi connectivity index (χ0v) is 13.2. The predicted molar refractivity (Wildman–Crippen MR) is 85.4 cm³/mol. The Morgan fingerprint density at radius 2 is 1.74 bits per heavy atom. The van der Waals surface area contributed by atoms with Gasteiger partial charge in [0.15, 0.2) is 0 Å². The van der Waals surface area contributed by atoms with Gasteiger partial charge >= 0.3 is 0 Å². The normalized spacial score (nSPS) is 12.9. The number of rotatable bonds is 5. The minimum atomic E-state index is 0.193. The van der Waals surface area contributed by atoms with Crippen molar-refractivity contribution >= 4 is 22.9 Å². The van der Waals surface area contributed by atoms with Crippen LogP contribution < -0.4 is 5.32 Å². The van der Waals surface area contributed by atoms with Crippen LogP contribution in [0.15, 0.2) is 35.7 Å². The van der Waals surface area contributed by atoms with Crippen LogP contribution >= 0.6 is 22.9 Å². The summed E-state index contributed by atoms with van der Waals surface area (Å²) in [7, 11) is 0. The minimum Gasteiger partial charge on any atom is -0.306 e. The Labute approximate surface area is 124 Å².